The van der Waals surface area contributed by atoms with Gasteiger partial charge >= 0.3 is 0 Å². The molecule has 1 atom stereocenters. The van der Waals surface area contributed by atoms with Crippen LogP contribution in [-0.4, -0.2) is 6.54 Å². The van der Waals surface area contributed by atoms with E-state index in [0.717, 1.165) is 24.9 Å². The van der Waals surface area contributed by atoms with Crippen LogP contribution < -0.4 is 5.32 Å². The molecule has 0 aromatic heterocycles. The molecule has 1 N–H and O–H groups in total. The molecule has 2 rings (SSSR count). The minimum Gasteiger partial charge on any atom is -0.307 e. The fraction of sp³-hybridized carbons (Fsp3) is 0.538. The summed E-state index contributed by atoms with van der Waals surface area (Å²) in [6, 6.07) is 7.01. The van der Waals surface area contributed by atoms with Gasteiger partial charge in [-0.1, -0.05) is 25.5 Å². The number of benzene rings is 1. The molecular formula is C13H18FN. The SMILES string of the molecule is CCC1(c2cccc(F)c2)CCCCN1. The van der Waals surface area contributed by atoms with Crippen LogP contribution in [-0.2, 0) is 5.54 Å². The molecule has 1 aliphatic heterocycles. The highest BCUT2D eigenvalue weighted by Gasteiger charge is 2.31. The van der Waals surface area contributed by atoms with Gasteiger partial charge in [-0.2, -0.15) is 0 Å². The highest BCUT2D eigenvalue weighted by molar-refractivity contribution is 5.25. The van der Waals surface area contributed by atoms with E-state index >= 15 is 0 Å². The Labute approximate surface area is 90.7 Å². The van der Waals surface area contributed by atoms with Gasteiger partial charge in [0.2, 0.25) is 0 Å². The van der Waals surface area contributed by atoms with Crippen LogP contribution in [0.5, 0.6) is 0 Å². The molecule has 1 aliphatic rings. The molecule has 0 aliphatic carbocycles. The normalized spacial score (nSPS) is 26.5. The van der Waals surface area contributed by atoms with Crippen LogP contribution in [0, 0.1) is 5.82 Å². The van der Waals surface area contributed by atoms with Crippen molar-refractivity contribution >= 4 is 0 Å². The van der Waals surface area contributed by atoms with Gasteiger partial charge < -0.3 is 5.32 Å². The fourth-order valence-corrected chi connectivity index (χ4v) is 2.51. The largest absolute Gasteiger partial charge is 0.307 e. The Hall–Kier alpha value is -0.890. The van der Waals surface area contributed by atoms with Crippen LogP contribution in [0.15, 0.2) is 24.3 Å². The average Bonchev–Trinajstić information content (AvgIpc) is 2.30. The molecule has 1 nitrogen and oxygen atoms in total. The van der Waals surface area contributed by atoms with E-state index in [1.807, 2.05) is 6.07 Å². The van der Waals surface area contributed by atoms with Crippen LogP contribution in [0.25, 0.3) is 0 Å². The van der Waals surface area contributed by atoms with E-state index in [0.29, 0.717) is 0 Å². The van der Waals surface area contributed by atoms with Crippen LogP contribution in [0.4, 0.5) is 4.39 Å². The van der Waals surface area contributed by atoms with E-state index in [2.05, 4.69) is 12.2 Å². The number of hydrogen-bond donors (Lipinski definition) is 1. The number of nitrogens with one attached hydrogen (secondary N) is 1. The molecule has 1 saturated heterocycles. The number of rotatable bonds is 2. The number of piperidine rings is 1. The van der Waals surface area contributed by atoms with Gasteiger partial charge in [0, 0.05) is 5.54 Å². The Morgan fingerprint density at radius 2 is 2.27 bits per heavy atom. The Morgan fingerprint density at radius 1 is 1.40 bits per heavy atom. The molecule has 0 spiro atoms. The van der Waals surface area contributed by atoms with Crippen molar-refractivity contribution in [3.05, 3.63) is 35.6 Å². The van der Waals surface area contributed by atoms with Gasteiger partial charge in [-0.05, 0) is 43.5 Å². The lowest BCUT2D eigenvalue weighted by atomic mass is 9.80. The van der Waals surface area contributed by atoms with E-state index in [4.69, 9.17) is 0 Å². The minimum absolute atomic E-state index is 0.0142. The second-order valence-electron chi connectivity index (χ2n) is 4.33. The van der Waals surface area contributed by atoms with Crippen molar-refractivity contribution in [2.75, 3.05) is 6.54 Å². The Kier molecular flexibility index (Phi) is 3.06. The quantitative estimate of drug-likeness (QED) is 0.785. The lowest BCUT2D eigenvalue weighted by Crippen LogP contribution is -2.45. The van der Waals surface area contributed by atoms with Gasteiger partial charge in [0.25, 0.3) is 0 Å². The first kappa shape index (κ1) is 10.6. The van der Waals surface area contributed by atoms with E-state index in [9.17, 15) is 4.39 Å². The lowest BCUT2D eigenvalue weighted by Gasteiger charge is -2.38. The zero-order valence-corrected chi connectivity index (χ0v) is 9.22. The first-order valence-electron chi connectivity index (χ1n) is 5.78. The minimum atomic E-state index is -0.132. The molecule has 1 fully saturated rings. The second-order valence-corrected chi connectivity index (χ2v) is 4.33. The zero-order chi connectivity index (χ0) is 10.7. The number of hydrogen-bond acceptors (Lipinski definition) is 1. The fourth-order valence-electron chi connectivity index (χ4n) is 2.51. The highest BCUT2D eigenvalue weighted by atomic mass is 19.1. The molecule has 1 heterocycles. The summed E-state index contributed by atoms with van der Waals surface area (Å²) < 4.78 is 13.2. The average molecular weight is 207 g/mol. The standard InChI is InChI=1S/C13H18FN/c1-2-13(8-3-4-9-15-13)11-6-5-7-12(14)10-11/h5-7,10,15H,2-4,8-9H2,1H3. The van der Waals surface area contributed by atoms with Crippen molar-refractivity contribution in [2.24, 2.45) is 0 Å². The maximum atomic E-state index is 13.2. The smallest absolute Gasteiger partial charge is 0.123 e. The van der Waals surface area contributed by atoms with E-state index in [1.165, 1.54) is 18.9 Å². The Balaban J connectivity index is 2.32. The highest BCUT2D eigenvalue weighted by Crippen LogP contribution is 2.33. The summed E-state index contributed by atoms with van der Waals surface area (Å²) >= 11 is 0. The molecule has 82 valence electrons. The van der Waals surface area contributed by atoms with E-state index in [1.54, 1.807) is 12.1 Å². The summed E-state index contributed by atoms with van der Waals surface area (Å²) in [5.74, 6) is -0.132. The monoisotopic (exact) mass is 207 g/mol. The Bertz CT molecular complexity index is 329. The molecule has 1 aromatic rings. The first-order chi connectivity index (χ1) is 7.27. The molecule has 0 saturated carbocycles. The maximum absolute atomic E-state index is 13.2. The molecular weight excluding hydrogens is 189 g/mol. The summed E-state index contributed by atoms with van der Waals surface area (Å²) in [4.78, 5) is 0. The van der Waals surface area contributed by atoms with E-state index < -0.39 is 0 Å². The molecule has 0 amide bonds. The van der Waals surface area contributed by atoms with Crippen molar-refractivity contribution in [3.8, 4) is 0 Å². The summed E-state index contributed by atoms with van der Waals surface area (Å²) in [6.07, 6.45) is 4.61. The van der Waals surface area contributed by atoms with Gasteiger partial charge in [0.05, 0.1) is 0 Å². The van der Waals surface area contributed by atoms with Crippen molar-refractivity contribution in [3.63, 3.8) is 0 Å². The van der Waals surface area contributed by atoms with Crippen molar-refractivity contribution < 1.29 is 4.39 Å². The van der Waals surface area contributed by atoms with Gasteiger partial charge in [0.1, 0.15) is 5.82 Å². The van der Waals surface area contributed by atoms with Crippen LogP contribution in [0.3, 0.4) is 0 Å². The summed E-state index contributed by atoms with van der Waals surface area (Å²) in [6.45, 7) is 3.22. The summed E-state index contributed by atoms with van der Waals surface area (Å²) in [5, 5.41) is 3.56. The maximum Gasteiger partial charge on any atom is 0.123 e. The van der Waals surface area contributed by atoms with Crippen LogP contribution >= 0.6 is 0 Å². The first-order valence-corrected chi connectivity index (χ1v) is 5.78. The third-order valence-corrected chi connectivity index (χ3v) is 3.47. The Morgan fingerprint density at radius 3 is 2.87 bits per heavy atom. The summed E-state index contributed by atoms with van der Waals surface area (Å²) in [5.41, 5.74) is 1.12. The molecule has 1 aromatic carbocycles. The van der Waals surface area contributed by atoms with E-state index in [-0.39, 0.29) is 11.4 Å². The second kappa shape index (κ2) is 4.31. The van der Waals surface area contributed by atoms with Gasteiger partial charge in [-0.25, -0.2) is 4.39 Å². The van der Waals surface area contributed by atoms with Crippen molar-refractivity contribution in [2.45, 2.75) is 38.1 Å². The zero-order valence-electron chi connectivity index (χ0n) is 9.22. The topological polar surface area (TPSA) is 12.0 Å². The molecule has 0 radical (unpaired) electrons. The van der Waals surface area contributed by atoms with Gasteiger partial charge in [0.15, 0.2) is 0 Å². The van der Waals surface area contributed by atoms with Gasteiger partial charge in [-0.3, -0.25) is 0 Å². The predicted octanol–water partition coefficient (Wildman–Crippen LogP) is 3.20. The van der Waals surface area contributed by atoms with Gasteiger partial charge in [-0.15, -0.1) is 0 Å². The van der Waals surface area contributed by atoms with Crippen LogP contribution in [0.1, 0.15) is 38.2 Å². The molecule has 0 bridgehead atoms. The predicted molar refractivity (Wildman–Crippen MR) is 60.2 cm³/mol. The van der Waals surface area contributed by atoms with Crippen molar-refractivity contribution in [1.29, 1.82) is 0 Å². The van der Waals surface area contributed by atoms with Crippen molar-refractivity contribution in [1.82, 2.24) is 5.32 Å². The molecule has 1 unspecified atom stereocenters. The number of halogens is 1. The third-order valence-electron chi connectivity index (χ3n) is 3.47. The van der Waals surface area contributed by atoms with Crippen LogP contribution in [0.2, 0.25) is 0 Å². The third kappa shape index (κ3) is 2.05. The molecule has 2 heteroatoms. The molecule has 15 heavy (non-hydrogen) atoms. The summed E-state index contributed by atoms with van der Waals surface area (Å²) in [7, 11) is 0. The lowest BCUT2D eigenvalue weighted by molar-refractivity contribution is 0.248.